The van der Waals surface area contributed by atoms with Crippen LogP contribution in [0.25, 0.3) is 0 Å². The average molecular weight is 444 g/mol. The van der Waals surface area contributed by atoms with Crippen LogP contribution in [0.5, 0.6) is 0 Å². The van der Waals surface area contributed by atoms with Crippen molar-refractivity contribution >= 4 is 18.0 Å². The third-order valence-electron chi connectivity index (χ3n) is 6.34. The van der Waals surface area contributed by atoms with E-state index in [0.29, 0.717) is 18.8 Å². The van der Waals surface area contributed by atoms with Gasteiger partial charge in [0.2, 0.25) is 5.91 Å². The summed E-state index contributed by atoms with van der Waals surface area (Å²) in [6.07, 6.45) is 7.49. The van der Waals surface area contributed by atoms with E-state index in [-0.39, 0.29) is 25.0 Å². The molecule has 0 unspecified atom stereocenters. The highest BCUT2D eigenvalue weighted by molar-refractivity contribution is 5.96. The first-order chi connectivity index (χ1) is 15.2. The molecule has 2 fully saturated rings. The number of benzene rings is 1. The predicted molar refractivity (Wildman–Crippen MR) is 122 cm³/mol. The first-order valence-corrected chi connectivity index (χ1v) is 12.0. The zero-order valence-electron chi connectivity index (χ0n) is 19.7. The first-order valence-electron chi connectivity index (χ1n) is 12.0. The van der Waals surface area contributed by atoms with Crippen LogP contribution < -0.4 is 0 Å². The van der Waals surface area contributed by atoms with E-state index < -0.39 is 23.6 Å². The summed E-state index contributed by atoms with van der Waals surface area (Å²) in [4.78, 5) is 39.9. The van der Waals surface area contributed by atoms with Gasteiger partial charge in [0.05, 0.1) is 12.5 Å². The molecular weight excluding hydrogens is 406 g/mol. The van der Waals surface area contributed by atoms with E-state index in [2.05, 4.69) is 0 Å². The Kier molecular flexibility index (Phi) is 8.32. The fourth-order valence-corrected chi connectivity index (χ4v) is 4.77. The SMILES string of the molecule is CC(C)(C)OC(=O)C[C@@H](CCC1CCCCC1)C(=O)N1C(=O)OC[C@@H]1Cc1ccccc1. The van der Waals surface area contributed by atoms with Crippen LogP contribution in [0.15, 0.2) is 30.3 Å². The van der Waals surface area contributed by atoms with Gasteiger partial charge in [-0.3, -0.25) is 9.59 Å². The van der Waals surface area contributed by atoms with E-state index in [0.717, 1.165) is 12.0 Å². The molecule has 1 aromatic rings. The van der Waals surface area contributed by atoms with Gasteiger partial charge in [0, 0.05) is 5.92 Å². The van der Waals surface area contributed by atoms with Gasteiger partial charge in [0.25, 0.3) is 0 Å². The summed E-state index contributed by atoms with van der Waals surface area (Å²) in [6, 6.07) is 9.42. The minimum atomic E-state index is -0.615. The Morgan fingerprint density at radius 1 is 1.12 bits per heavy atom. The number of rotatable bonds is 8. The van der Waals surface area contributed by atoms with Crippen LogP contribution in [0.4, 0.5) is 4.79 Å². The largest absolute Gasteiger partial charge is 0.460 e. The summed E-state index contributed by atoms with van der Waals surface area (Å²) in [5.74, 6) is -0.694. The van der Waals surface area contributed by atoms with Crippen LogP contribution in [0.3, 0.4) is 0 Å². The zero-order chi connectivity index (χ0) is 23.1. The summed E-state index contributed by atoms with van der Waals surface area (Å²) < 4.78 is 10.7. The summed E-state index contributed by atoms with van der Waals surface area (Å²) >= 11 is 0. The van der Waals surface area contributed by atoms with Gasteiger partial charge in [0.15, 0.2) is 0 Å². The third kappa shape index (κ3) is 7.07. The third-order valence-corrected chi connectivity index (χ3v) is 6.34. The Labute approximate surface area is 191 Å². The molecule has 3 rings (SSSR count). The van der Waals surface area contributed by atoms with Gasteiger partial charge in [-0.05, 0) is 51.5 Å². The van der Waals surface area contributed by atoms with Gasteiger partial charge >= 0.3 is 12.1 Å². The maximum atomic E-state index is 13.5. The number of amides is 2. The number of hydrogen-bond acceptors (Lipinski definition) is 5. The molecule has 1 saturated heterocycles. The van der Waals surface area contributed by atoms with Crippen molar-refractivity contribution in [3.8, 4) is 0 Å². The van der Waals surface area contributed by atoms with Crippen molar-refractivity contribution in [3.05, 3.63) is 35.9 Å². The highest BCUT2D eigenvalue weighted by atomic mass is 16.6. The predicted octanol–water partition coefficient (Wildman–Crippen LogP) is 5.29. The molecule has 1 saturated carbocycles. The van der Waals surface area contributed by atoms with E-state index in [1.54, 1.807) is 0 Å². The maximum Gasteiger partial charge on any atom is 0.416 e. The average Bonchev–Trinajstić information content (AvgIpc) is 3.10. The van der Waals surface area contributed by atoms with E-state index in [9.17, 15) is 14.4 Å². The summed E-state index contributed by atoms with van der Waals surface area (Å²) in [6.45, 7) is 5.63. The molecule has 1 aliphatic heterocycles. The Morgan fingerprint density at radius 2 is 1.81 bits per heavy atom. The lowest BCUT2D eigenvalue weighted by Crippen LogP contribution is -2.44. The van der Waals surface area contributed by atoms with Crippen LogP contribution in [0.2, 0.25) is 0 Å². The van der Waals surface area contributed by atoms with Crippen LogP contribution in [0.1, 0.15) is 77.7 Å². The Morgan fingerprint density at radius 3 is 2.47 bits per heavy atom. The van der Waals surface area contributed by atoms with E-state index in [1.165, 1.54) is 37.0 Å². The Hall–Kier alpha value is -2.37. The summed E-state index contributed by atoms with van der Waals surface area (Å²) in [7, 11) is 0. The lowest BCUT2D eigenvalue weighted by atomic mass is 9.83. The van der Waals surface area contributed by atoms with Crippen molar-refractivity contribution in [2.24, 2.45) is 11.8 Å². The molecule has 0 aromatic heterocycles. The quantitative estimate of drug-likeness (QED) is 0.511. The van der Waals surface area contributed by atoms with Crippen LogP contribution in [-0.4, -0.2) is 41.1 Å². The Balaban J connectivity index is 1.71. The number of ether oxygens (including phenoxy) is 2. The van der Waals surface area contributed by atoms with E-state index in [1.807, 2.05) is 51.1 Å². The second-order valence-corrected chi connectivity index (χ2v) is 10.2. The van der Waals surface area contributed by atoms with Crippen LogP contribution in [0, 0.1) is 11.8 Å². The molecule has 6 nitrogen and oxygen atoms in total. The second-order valence-electron chi connectivity index (χ2n) is 10.2. The Bertz CT molecular complexity index is 779. The maximum absolute atomic E-state index is 13.5. The molecule has 1 aromatic carbocycles. The second kappa shape index (κ2) is 11.0. The van der Waals surface area contributed by atoms with Crippen molar-refractivity contribution in [2.75, 3.05) is 6.61 Å². The minimum absolute atomic E-state index is 0.00927. The lowest BCUT2D eigenvalue weighted by molar-refractivity contribution is -0.158. The lowest BCUT2D eigenvalue weighted by Gasteiger charge is -2.28. The monoisotopic (exact) mass is 443 g/mol. The van der Waals surface area contributed by atoms with Crippen molar-refractivity contribution < 1.29 is 23.9 Å². The molecule has 0 spiro atoms. The molecule has 2 atom stereocenters. The molecule has 0 N–H and O–H groups in total. The number of hydrogen-bond donors (Lipinski definition) is 0. The molecule has 2 aliphatic rings. The number of carbonyl (C=O) groups is 3. The number of nitrogens with zero attached hydrogens (tertiary/aromatic N) is 1. The van der Waals surface area contributed by atoms with Crippen molar-refractivity contribution in [1.29, 1.82) is 0 Å². The van der Waals surface area contributed by atoms with Crippen molar-refractivity contribution in [1.82, 2.24) is 4.90 Å². The minimum Gasteiger partial charge on any atom is -0.460 e. The summed E-state index contributed by atoms with van der Waals surface area (Å²) in [5.41, 5.74) is 0.427. The highest BCUT2D eigenvalue weighted by Gasteiger charge is 2.41. The van der Waals surface area contributed by atoms with Gasteiger partial charge in [-0.2, -0.15) is 0 Å². The van der Waals surface area contributed by atoms with E-state index >= 15 is 0 Å². The standard InChI is InChI=1S/C26H37NO5/c1-26(2,3)32-23(28)17-21(15-14-19-10-6-4-7-11-19)24(29)27-22(18-31-25(27)30)16-20-12-8-5-9-13-20/h5,8-9,12-13,19,21-22H,4,6-7,10-11,14-18H2,1-3H3/t21-,22+/m1/s1. The number of esters is 1. The molecule has 0 radical (unpaired) electrons. The van der Waals surface area contributed by atoms with Gasteiger partial charge < -0.3 is 9.47 Å². The highest BCUT2D eigenvalue weighted by Crippen LogP contribution is 2.31. The number of imide groups is 1. The van der Waals surface area contributed by atoms with Gasteiger partial charge in [0.1, 0.15) is 12.2 Å². The molecule has 6 heteroatoms. The summed E-state index contributed by atoms with van der Waals surface area (Å²) in [5, 5.41) is 0. The smallest absolute Gasteiger partial charge is 0.416 e. The van der Waals surface area contributed by atoms with E-state index in [4.69, 9.17) is 9.47 Å². The molecule has 2 amide bonds. The number of cyclic esters (lactones) is 1. The van der Waals surface area contributed by atoms with Crippen molar-refractivity contribution in [2.45, 2.75) is 90.2 Å². The van der Waals surface area contributed by atoms with Crippen LogP contribution >= 0.6 is 0 Å². The molecule has 176 valence electrons. The van der Waals surface area contributed by atoms with Gasteiger partial charge in [-0.15, -0.1) is 0 Å². The molecule has 32 heavy (non-hydrogen) atoms. The normalized spacial score (nSPS) is 20.7. The van der Waals surface area contributed by atoms with Gasteiger partial charge in [-0.1, -0.05) is 62.4 Å². The fourth-order valence-electron chi connectivity index (χ4n) is 4.77. The topological polar surface area (TPSA) is 72.9 Å². The van der Waals surface area contributed by atoms with Gasteiger partial charge in [-0.25, -0.2) is 9.69 Å². The molecular formula is C26H37NO5. The first kappa shape index (κ1) is 24.3. The zero-order valence-corrected chi connectivity index (χ0v) is 19.7. The fraction of sp³-hybridized carbons (Fsp3) is 0.654. The van der Waals surface area contributed by atoms with Crippen LogP contribution in [-0.2, 0) is 25.5 Å². The molecule has 1 heterocycles. The van der Waals surface area contributed by atoms with Crippen molar-refractivity contribution in [3.63, 3.8) is 0 Å². The number of carbonyl (C=O) groups excluding carboxylic acids is 3. The molecule has 1 aliphatic carbocycles. The molecule has 0 bridgehead atoms.